The molecule has 2 N–H and O–H groups in total. The molecule has 1 saturated heterocycles. The summed E-state index contributed by atoms with van der Waals surface area (Å²) in [6.07, 6.45) is 0.467. The Morgan fingerprint density at radius 1 is 1.16 bits per heavy atom. The fourth-order valence-electron chi connectivity index (χ4n) is 1.90. The molecular formula is C13H14N2O4. The predicted octanol–water partition coefficient (Wildman–Crippen LogP) is 0.0621. The number of anilines is 1. The van der Waals surface area contributed by atoms with Crippen LogP contribution in [-0.2, 0) is 9.59 Å². The maximum atomic E-state index is 11.6. The van der Waals surface area contributed by atoms with Crippen molar-refractivity contribution in [1.82, 2.24) is 5.32 Å². The molecule has 0 aliphatic carbocycles. The zero-order chi connectivity index (χ0) is 13.8. The Balaban J connectivity index is 2.12. The first kappa shape index (κ1) is 13.2. The second kappa shape index (κ2) is 5.62. The van der Waals surface area contributed by atoms with Gasteiger partial charge in [0.2, 0.25) is 11.8 Å². The summed E-state index contributed by atoms with van der Waals surface area (Å²) in [7, 11) is 0. The topological polar surface area (TPSA) is 86.7 Å². The van der Waals surface area contributed by atoms with E-state index in [9.17, 15) is 14.4 Å². The van der Waals surface area contributed by atoms with Crippen LogP contribution in [0.25, 0.3) is 0 Å². The van der Waals surface area contributed by atoms with E-state index in [1.165, 1.54) is 0 Å². The van der Waals surface area contributed by atoms with E-state index in [-0.39, 0.29) is 43.7 Å². The van der Waals surface area contributed by atoms with Crippen LogP contribution in [0.2, 0.25) is 0 Å². The third-order valence-electron chi connectivity index (χ3n) is 2.84. The van der Waals surface area contributed by atoms with Gasteiger partial charge in [-0.15, -0.1) is 0 Å². The van der Waals surface area contributed by atoms with Gasteiger partial charge >= 0.3 is 0 Å². The average molecular weight is 262 g/mol. The Morgan fingerprint density at radius 3 is 2.26 bits per heavy atom. The highest BCUT2D eigenvalue weighted by Gasteiger charge is 2.30. The highest BCUT2D eigenvalue weighted by molar-refractivity contribution is 6.19. The molecule has 1 fully saturated rings. The number of hydrogen-bond donors (Lipinski definition) is 2. The van der Waals surface area contributed by atoms with Crippen molar-refractivity contribution in [2.24, 2.45) is 0 Å². The number of imide groups is 1. The minimum Gasteiger partial charge on any atom is -0.395 e. The summed E-state index contributed by atoms with van der Waals surface area (Å²) in [4.78, 5) is 35.8. The Bertz CT molecular complexity index is 494. The molecule has 0 saturated carbocycles. The first-order valence-corrected chi connectivity index (χ1v) is 5.98. The summed E-state index contributed by atoms with van der Waals surface area (Å²) < 4.78 is 0. The average Bonchev–Trinajstić information content (AvgIpc) is 2.76. The quantitative estimate of drug-likeness (QED) is 0.751. The van der Waals surface area contributed by atoms with E-state index in [0.717, 1.165) is 4.90 Å². The van der Waals surface area contributed by atoms with Gasteiger partial charge in [-0.25, -0.2) is 0 Å². The summed E-state index contributed by atoms with van der Waals surface area (Å²) in [6.45, 7) is 0.0598. The molecule has 0 bridgehead atoms. The first-order chi connectivity index (χ1) is 9.13. The minimum absolute atomic E-state index is 0.124. The number of benzene rings is 1. The Morgan fingerprint density at radius 2 is 1.74 bits per heavy atom. The van der Waals surface area contributed by atoms with Crippen LogP contribution in [0, 0.1) is 0 Å². The molecule has 0 aromatic heterocycles. The molecule has 0 unspecified atom stereocenters. The van der Waals surface area contributed by atoms with E-state index >= 15 is 0 Å². The van der Waals surface area contributed by atoms with Crippen LogP contribution in [0.5, 0.6) is 0 Å². The monoisotopic (exact) mass is 262 g/mol. The molecule has 19 heavy (non-hydrogen) atoms. The van der Waals surface area contributed by atoms with Crippen molar-refractivity contribution in [2.45, 2.75) is 12.8 Å². The van der Waals surface area contributed by atoms with Gasteiger partial charge in [0, 0.05) is 24.9 Å². The number of carbonyl (C=O) groups excluding carboxylic acids is 3. The van der Waals surface area contributed by atoms with Gasteiger partial charge in [-0.3, -0.25) is 19.3 Å². The lowest BCUT2D eigenvalue weighted by molar-refractivity contribution is -0.121. The van der Waals surface area contributed by atoms with Gasteiger partial charge in [0.15, 0.2) is 0 Å². The minimum atomic E-state index is -0.306. The van der Waals surface area contributed by atoms with E-state index in [1.54, 1.807) is 24.3 Å². The molecule has 2 rings (SSSR count). The van der Waals surface area contributed by atoms with Crippen molar-refractivity contribution in [3.63, 3.8) is 0 Å². The molecular weight excluding hydrogens is 248 g/mol. The van der Waals surface area contributed by atoms with Gasteiger partial charge < -0.3 is 10.4 Å². The summed E-state index contributed by atoms with van der Waals surface area (Å²) in [5, 5.41) is 11.1. The van der Waals surface area contributed by atoms with Crippen LogP contribution >= 0.6 is 0 Å². The van der Waals surface area contributed by atoms with E-state index in [2.05, 4.69) is 5.32 Å². The SMILES string of the molecule is O=C(NCCO)c1ccc(N2C(=O)CCC2=O)cc1. The molecule has 100 valence electrons. The van der Waals surface area contributed by atoms with Gasteiger partial charge in [-0.05, 0) is 24.3 Å². The third kappa shape index (κ3) is 2.79. The lowest BCUT2D eigenvalue weighted by Crippen LogP contribution is -2.29. The van der Waals surface area contributed by atoms with Crippen LogP contribution in [0.1, 0.15) is 23.2 Å². The van der Waals surface area contributed by atoms with Crippen LogP contribution in [0.15, 0.2) is 24.3 Å². The summed E-state index contributed by atoms with van der Waals surface area (Å²) in [5.41, 5.74) is 0.891. The molecule has 1 aliphatic heterocycles. The number of nitrogens with one attached hydrogen (secondary N) is 1. The maximum absolute atomic E-state index is 11.6. The normalized spacial score (nSPS) is 14.9. The van der Waals surface area contributed by atoms with Crippen molar-refractivity contribution < 1.29 is 19.5 Å². The lowest BCUT2D eigenvalue weighted by atomic mass is 10.2. The molecule has 0 radical (unpaired) electrons. The number of nitrogens with zero attached hydrogens (tertiary/aromatic N) is 1. The molecule has 3 amide bonds. The Labute approximate surface area is 110 Å². The molecule has 0 spiro atoms. The molecule has 0 atom stereocenters. The zero-order valence-corrected chi connectivity index (χ0v) is 10.3. The summed E-state index contributed by atoms with van der Waals surface area (Å²) >= 11 is 0. The van der Waals surface area contributed by atoms with E-state index in [4.69, 9.17) is 5.11 Å². The number of aliphatic hydroxyl groups excluding tert-OH is 1. The zero-order valence-electron chi connectivity index (χ0n) is 10.3. The highest BCUT2D eigenvalue weighted by Crippen LogP contribution is 2.22. The van der Waals surface area contributed by atoms with Gasteiger partial charge in [0.05, 0.1) is 12.3 Å². The van der Waals surface area contributed by atoms with E-state index < -0.39 is 0 Å². The number of carbonyl (C=O) groups is 3. The molecule has 1 heterocycles. The number of aliphatic hydroxyl groups is 1. The standard InChI is InChI=1S/C13H14N2O4/c16-8-7-14-13(19)9-1-3-10(4-2-9)15-11(17)5-6-12(15)18/h1-4,16H,5-8H2,(H,14,19). The predicted molar refractivity (Wildman–Crippen MR) is 67.6 cm³/mol. The fraction of sp³-hybridized carbons (Fsp3) is 0.308. The van der Waals surface area contributed by atoms with Gasteiger partial charge in [0.25, 0.3) is 5.91 Å². The van der Waals surface area contributed by atoms with Gasteiger partial charge in [0.1, 0.15) is 0 Å². The smallest absolute Gasteiger partial charge is 0.251 e. The lowest BCUT2D eigenvalue weighted by Gasteiger charge is -2.14. The van der Waals surface area contributed by atoms with Crippen LogP contribution < -0.4 is 10.2 Å². The Hall–Kier alpha value is -2.21. The Kier molecular flexibility index (Phi) is 3.91. The van der Waals surface area contributed by atoms with Crippen LogP contribution in [0.3, 0.4) is 0 Å². The molecule has 6 heteroatoms. The van der Waals surface area contributed by atoms with Crippen molar-refractivity contribution >= 4 is 23.4 Å². The molecule has 6 nitrogen and oxygen atoms in total. The highest BCUT2D eigenvalue weighted by atomic mass is 16.3. The van der Waals surface area contributed by atoms with Gasteiger partial charge in [-0.2, -0.15) is 0 Å². The van der Waals surface area contributed by atoms with Crippen LogP contribution in [-0.4, -0.2) is 36.0 Å². The van der Waals surface area contributed by atoms with E-state index in [1.807, 2.05) is 0 Å². The number of amides is 3. The summed E-state index contributed by atoms with van der Waals surface area (Å²) in [6, 6.07) is 6.21. The van der Waals surface area contributed by atoms with Crippen molar-refractivity contribution in [2.75, 3.05) is 18.1 Å². The van der Waals surface area contributed by atoms with Gasteiger partial charge in [-0.1, -0.05) is 0 Å². The molecule has 1 aromatic rings. The van der Waals surface area contributed by atoms with Crippen LogP contribution in [0.4, 0.5) is 5.69 Å². The summed E-state index contributed by atoms with van der Waals surface area (Å²) in [5.74, 6) is -0.746. The van der Waals surface area contributed by atoms with Crippen molar-refractivity contribution in [1.29, 1.82) is 0 Å². The third-order valence-corrected chi connectivity index (χ3v) is 2.84. The maximum Gasteiger partial charge on any atom is 0.251 e. The largest absolute Gasteiger partial charge is 0.395 e. The van der Waals surface area contributed by atoms with Crippen molar-refractivity contribution in [3.8, 4) is 0 Å². The van der Waals surface area contributed by atoms with Crippen molar-refractivity contribution in [3.05, 3.63) is 29.8 Å². The second-order valence-electron chi connectivity index (χ2n) is 4.15. The molecule has 1 aliphatic rings. The second-order valence-corrected chi connectivity index (χ2v) is 4.15. The molecule has 1 aromatic carbocycles. The first-order valence-electron chi connectivity index (χ1n) is 5.98. The number of rotatable bonds is 4. The fourth-order valence-corrected chi connectivity index (χ4v) is 1.90. The number of hydrogen-bond acceptors (Lipinski definition) is 4. The van der Waals surface area contributed by atoms with E-state index in [0.29, 0.717) is 11.3 Å².